The van der Waals surface area contributed by atoms with Gasteiger partial charge in [-0.15, -0.1) is 0 Å². The Morgan fingerprint density at radius 3 is 2.35 bits per heavy atom. The Labute approximate surface area is 102 Å². The van der Waals surface area contributed by atoms with Crippen LogP contribution in [0.4, 0.5) is 0 Å². The van der Waals surface area contributed by atoms with Crippen LogP contribution in [0.25, 0.3) is 0 Å². The van der Waals surface area contributed by atoms with E-state index in [2.05, 4.69) is 6.58 Å². The van der Waals surface area contributed by atoms with E-state index in [1.54, 1.807) is 26.8 Å². The van der Waals surface area contributed by atoms with E-state index >= 15 is 0 Å². The molecule has 0 aromatic rings. The number of esters is 2. The second kappa shape index (κ2) is 8.56. The molecule has 17 heavy (non-hydrogen) atoms. The second-order valence-corrected chi connectivity index (χ2v) is 3.67. The van der Waals surface area contributed by atoms with Gasteiger partial charge in [0, 0.05) is 11.1 Å². The summed E-state index contributed by atoms with van der Waals surface area (Å²) in [6.45, 7) is 9.26. The Kier molecular flexibility index (Phi) is 7.76. The standard InChI is InChI=1S/C13H20O4/c1-5-16-13(15)11(4)8-6-7-9-17-12(14)10(2)3/h8H,2,5-7,9H2,1,3-4H3. The van der Waals surface area contributed by atoms with Crippen LogP contribution < -0.4 is 0 Å². The van der Waals surface area contributed by atoms with Crippen LogP contribution >= 0.6 is 0 Å². The lowest BCUT2D eigenvalue weighted by molar-refractivity contribution is -0.139. The van der Waals surface area contributed by atoms with Crippen LogP contribution in [0.1, 0.15) is 33.6 Å². The van der Waals surface area contributed by atoms with Crippen molar-refractivity contribution < 1.29 is 19.1 Å². The number of ether oxygens (including phenoxy) is 2. The molecule has 0 aromatic carbocycles. The maximum Gasteiger partial charge on any atom is 0.333 e. The predicted molar refractivity (Wildman–Crippen MR) is 65.4 cm³/mol. The van der Waals surface area contributed by atoms with Crippen LogP contribution in [0.15, 0.2) is 23.8 Å². The SMILES string of the molecule is C=C(C)C(=O)OCCCC=C(C)C(=O)OCC. The fourth-order valence-corrected chi connectivity index (χ4v) is 1.02. The topological polar surface area (TPSA) is 52.6 Å². The molecule has 0 amide bonds. The first-order valence-corrected chi connectivity index (χ1v) is 5.65. The molecule has 0 aliphatic rings. The van der Waals surface area contributed by atoms with Crippen LogP contribution in [0.5, 0.6) is 0 Å². The average Bonchev–Trinajstić information content (AvgIpc) is 2.28. The molecule has 0 heterocycles. The van der Waals surface area contributed by atoms with Crippen LogP contribution in [0.3, 0.4) is 0 Å². The molecule has 4 nitrogen and oxygen atoms in total. The number of hydrogen-bond acceptors (Lipinski definition) is 4. The third-order valence-corrected chi connectivity index (χ3v) is 1.98. The molecule has 0 fully saturated rings. The van der Waals surface area contributed by atoms with Gasteiger partial charge in [0.25, 0.3) is 0 Å². The molecule has 0 rings (SSSR count). The summed E-state index contributed by atoms with van der Waals surface area (Å²) in [7, 11) is 0. The lowest BCUT2D eigenvalue weighted by Crippen LogP contribution is -2.07. The number of hydrogen-bond donors (Lipinski definition) is 0. The largest absolute Gasteiger partial charge is 0.463 e. The van der Waals surface area contributed by atoms with E-state index in [4.69, 9.17) is 9.47 Å². The van der Waals surface area contributed by atoms with Crippen molar-refractivity contribution in [1.29, 1.82) is 0 Å². The monoisotopic (exact) mass is 240 g/mol. The fourth-order valence-electron chi connectivity index (χ4n) is 1.02. The number of rotatable bonds is 7. The van der Waals surface area contributed by atoms with Crippen LogP contribution in [-0.4, -0.2) is 25.2 Å². The first-order valence-electron chi connectivity index (χ1n) is 5.65. The number of carbonyl (C=O) groups excluding carboxylic acids is 2. The summed E-state index contributed by atoms with van der Waals surface area (Å²) in [5.74, 6) is -0.678. The molecule has 0 N–H and O–H groups in total. The van der Waals surface area contributed by atoms with Crippen molar-refractivity contribution in [2.24, 2.45) is 0 Å². The summed E-state index contributed by atoms with van der Waals surface area (Å²) in [5.41, 5.74) is 0.973. The molecule has 96 valence electrons. The summed E-state index contributed by atoms with van der Waals surface area (Å²) in [5, 5.41) is 0. The minimum Gasteiger partial charge on any atom is -0.463 e. The van der Waals surface area contributed by atoms with Gasteiger partial charge in [0.15, 0.2) is 0 Å². The third-order valence-electron chi connectivity index (χ3n) is 1.98. The fraction of sp³-hybridized carbons (Fsp3) is 0.538. The summed E-state index contributed by atoms with van der Waals surface area (Å²) < 4.78 is 9.74. The molecule has 4 heteroatoms. The summed E-state index contributed by atoms with van der Waals surface area (Å²) in [6, 6.07) is 0. The molecule has 0 saturated heterocycles. The van der Waals surface area contributed by atoms with Gasteiger partial charge in [0.05, 0.1) is 13.2 Å². The van der Waals surface area contributed by atoms with Crippen LogP contribution in [0.2, 0.25) is 0 Å². The normalized spacial score (nSPS) is 10.9. The number of unbranched alkanes of at least 4 members (excludes halogenated alkanes) is 1. The zero-order chi connectivity index (χ0) is 13.3. The second-order valence-electron chi connectivity index (χ2n) is 3.67. The van der Waals surface area contributed by atoms with Crippen molar-refractivity contribution in [3.63, 3.8) is 0 Å². The van der Waals surface area contributed by atoms with E-state index in [-0.39, 0.29) is 11.9 Å². The lowest BCUT2D eigenvalue weighted by Gasteiger charge is -2.03. The van der Waals surface area contributed by atoms with Gasteiger partial charge in [-0.2, -0.15) is 0 Å². The minimum atomic E-state index is -0.379. The van der Waals surface area contributed by atoms with Gasteiger partial charge < -0.3 is 9.47 Å². The Balaban J connectivity index is 3.76. The zero-order valence-corrected chi connectivity index (χ0v) is 10.7. The average molecular weight is 240 g/mol. The molecule has 0 saturated carbocycles. The molecule has 0 aliphatic heterocycles. The van der Waals surface area contributed by atoms with Crippen molar-refractivity contribution in [2.75, 3.05) is 13.2 Å². The van der Waals surface area contributed by atoms with Gasteiger partial charge in [-0.1, -0.05) is 12.7 Å². The van der Waals surface area contributed by atoms with Gasteiger partial charge in [0.1, 0.15) is 0 Å². The number of allylic oxidation sites excluding steroid dienone is 1. The zero-order valence-electron chi connectivity index (χ0n) is 10.7. The third kappa shape index (κ3) is 7.33. The van der Waals surface area contributed by atoms with Crippen molar-refractivity contribution in [2.45, 2.75) is 33.6 Å². The van der Waals surface area contributed by atoms with Gasteiger partial charge in [-0.05, 0) is 33.6 Å². The molecule has 0 spiro atoms. The van der Waals surface area contributed by atoms with Crippen molar-refractivity contribution in [3.05, 3.63) is 23.8 Å². The van der Waals surface area contributed by atoms with E-state index in [9.17, 15) is 9.59 Å². The van der Waals surface area contributed by atoms with E-state index in [1.807, 2.05) is 0 Å². The lowest BCUT2D eigenvalue weighted by atomic mass is 10.2. The molecule has 0 radical (unpaired) electrons. The Morgan fingerprint density at radius 1 is 1.18 bits per heavy atom. The van der Waals surface area contributed by atoms with E-state index in [1.165, 1.54) is 0 Å². The smallest absolute Gasteiger partial charge is 0.333 e. The van der Waals surface area contributed by atoms with Gasteiger partial charge >= 0.3 is 11.9 Å². The van der Waals surface area contributed by atoms with Crippen LogP contribution in [0, 0.1) is 0 Å². The Bertz CT molecular complexity index is 315. The predicted octanol–water partition coefficient (Wildman–Crippen LogP) is 2.40. The molecular formula is C13H20O4. The van der Waals surface area contributed by atoms with E-state index < -0.39 is 0 Å². The summed E-state index contributed by atoms with van der Waals surface area (Å²) in [6.07, 6.45) is 3.14. The Morgan fingerprint density at radius 2 is 1.82 bits per heavy atom. The minimum absolute atomic E-state index is 0.300. The summed E-state index contributed by atoms with van der Waals surface area (Å²) >= 11 is 0. The highest BCUT2D eigenvalue weighted by molar-refractivity contribution is 5.87. The van der Waals surface area contributed by atoms with E-state index in [0.29, 0.717) is 37.2 Å². The molecule has 0 unspecified atom stereocenters. The van der Waals surface area contributed by atoms with Crippen LogP contribution in [-0.2, 0) is 19.1 Å². The summed E-state index contributed by atoms with van der Waals surface area (Å²) in [4.78, 5) is 22.2. The molecule has 0 aliphatic carbocycles. The van der Waals surface area contributed by atoms with Gasteiger partial charge in [-0.25, -0.2) is 9.59 Å². The first-order chi connectivity index (χ1) is 7.99. The molecule has 0 aromatic heterocycles. The highest BCUT2D eigenvalue weighted by Gasteiger charge is 2.04. The van der Waals surface area contributed by atoms with E-state index in [0.717, 1.165) is 0 Å². The first kappa shape index (κ1) is 15.4. The molecule has 0 atom stereocenters. The highest BCUT2D eigenvalue weighted by Crippen LogP contribution is 2.02. The highest BCUT2D eigenvalue weighted by atomic mass is 16.5. The van der Waals surface area contributed by atoms with Gasteiger partial charge in [-0.3, -0.25) is 0 Å². The maximum atomic E-state index is 11.2. The van der Waals surface area contributed by atoms with Crippen molar-refractivity contribution in [1.82, 2.24) is 0 Å². The maximum absolute atomic E-state index is 11.2. The Hall–Kier alpha value is -1.58. The van der Waals surface area contributed by atoms with Gasteiger partial charge in [0.2, 0.25) is 0 Å². The molecule has 0 bridgehead atoms. The molecular weight excluding hydrogens is 220 g/mol. The number of carbonyl (C=O) groups is 2. The van der Waals surface area contributed by atoms with Crippen molar-refractivity contribution >= 4 is 11.9 Å². The quantitative estimate of drug-likeness (QED) is 0.389. The van der Waals surface area contributed by atoms with Crippen molar-refractivity contribution in [3.8, 4) is 0 Å².